The third kappa shape index (κ3) is 5.35. The van der Waals surface area contributed by atoms with E-state index in [0.717, 1.165) is 5.56 Å². The second-order valence-electron chi connectivity index (χ2n) is 5.28. The molecule has 0 aliphatic heterocycles. The van der Waals surface area contributed by atoms with Crippen LogP contribution in [0.5, 0.6) is 0 Å². The Morgan fingerprint density at radius 1 is 1.12 bits per heavy atom. The number of aliphatic carboxylic acids is 1. The minimum Gasteiger partial charge on any atom is -0.480 e. The van der Waals surface area contributed by atoms with E-state index in [2.05, 4.69) is 17.2 Å². The second-order valence-corrected chi connectivity index (χ2v) is 5.28. The van der Waals surface area contributed by atoms with Crippen LogP contribution in [0.15, 0.2) is 59.7 Å². The predicted molar refractivity (Wildman–Crippen MR) is 90.5 cm³/mol. The molecule has 0 saturated carbocycles. The summed E-state index contributed by atoms with van der Waals surface area (Å²) in [5, 5.41) is 13.5. The summed E-state index contributed by atoms with van der Waals surface area (Å²) in [6, 6.07) is 11.3. The van der Waals surface area contributed by atoms with Gasteiger partial charge in [-0.25, -0.2) is 0 Å². The Kier molecular flexibility index (Phi) is 6.11. The average molecular weight is 342 g/mol. The van der Waals surface area contributed by atoms with E-state index in [-0.39, 0.29) is 12.0 Å². The van der Waals surface area contributed by atoms with Crippen LogP contribution >= 0.6 is 0 Å². The summed E-state index contributed by atoms with van der Waals surface area (Å²) in [7, 11) is 0. The molecule has 0 spiro atoms. The van der Waals surface area contributed by atoms with Crippen LogP contribution in [0.1, 0.15) is 11.3 Å². The van der Waals surface area contributed by atoms with E-state index >= 15 is 0 Å². The molecule has 0 fully saturated rings. The Balaban J connectivity index is 2.10. The lowest BCUT2D eigenvalue weighted by atomic mass is 10.0. The Bertz CT molecular complexity index is 753. The van der Waals surface area contributed by atoms with Gasteiger partial charge in [0, 0.05) is 6.42 Å². The largest absolute Gasteiger partial charge is 0.480 e. The predicted octanol–water partition coefficient (Wildman–Crippen LogP) is 1.22. The summed E-state index contributed by atoms with van der Waals surface area (Å²) in [5.41, 5.74) is 0.899. The van der Waals surface area contributed by atoms with Gasteiger partial charge < -0.3 is 20.2 Å². The molecule has 1 heterocycles. The van der Waals surface area contributed by atoms with E-state index in [4.69, 9.17) is 9.52 Å². The number of carboxylic acids is 1. The van der Waals surface area contributed by atoms with E-state index in [0.29, 0.717) is 5.76 Å². The van der Waals surface area contributed by atoms with Gasteiger partial charge in [0.05, 0.1) is 11.8 Å². The summed E-state index contributed by atoms with van der Waals surface area (Å²) in [5.74, 6) is -2.03. The highest BCUT2D eigenvalue weighted by Gasteiger charge is 2.23. The van der Waals surface area contributed by atoms with Crippen LogP contribution in [-0.2, 0) is 20.8 Å². The number of furan rings is 1. The van der Waals surface area contributed by atoms with Crippen molar-refractivity contribution >= 4 is 23.4 Å². The number of benzene rings is 1. The highest BCUT2D eigenvalue weighted by Crippen LogP contribution is 2.13. The third-order valence-corrected chi connectivity index (χ3v) is 3.41. The Labute approximate surface area is 144 Å². The normalized spacial score (nSPS) is 11.4. The highest BCUT2D eigenvalue weighted by atomic mass is 16.4. The first kappa shape index (κ1) is 18.0. The molecule has 7 nitrogen and oxygen atoms in total. The topological polar surface area (TPSA) is 109 Å². The van der Waals surface area contributed by atoms with Crippen molar-refractivity contribution in [2.24, 2.45) is 0 Å². The quantitative estimate of drug-likeness (QED) is 0.625. The molecule has 2 aromatic rings. The van der Waals surface area contributed by atoms with Crippen LogP contribution in [0.2, 0.25) is 0 Å². The smallest absolute Gasteiger partial charge is 0.322 e. The van der Waals surface area contributed by atoms with E-state index in [1.807, 2.05) is 30.3 Å². The molecule has 2 amide bonds. The number of amides is 2. The number of nitrogens with one attached hydrogen (secondary N) is 2. The summed E-state index contributed by atoms with van der Waals surface area (Å²) in [6.45, 7) is 3.13. The van der Waals surface area contributed by atoms with Gasteiger partial charge in [0.15, 0.2) is 0 Å². The van der Waals surface area contributed by atoms with Crippen molar-refractivity contribution in [2.75, 3.05) is 6.54 Å². The molecule has 25 heavy (non-hydrogen) atoms. The minimum atomic E-state index is -1.17. The molecule has 3 N–H and O–H groups in total. The molecule has 0 aliphatic rings. The van der Waals surface area contributed by atoms with E-state index in [1.54, 1.807) is 12.1 Å². The lowest BCUT2D eigenvalue weighted by Gasteiger charge is -2.18. The van der Waals surface area contributed by atoms with Crippen molar-refractivity contribution < 1.29 is 23.9 Å². The molecule has 0 saturated heterocycles. The standard InChI is InChI=1S/C18H18N2O5/c1-12(15-8-5-9-25-15)17(23)20-14(18(24)19-11-16(21)22)10-13-6-3-2-4-7-13/h2-9,14H,1,10-11H2,(H,19,24)(H,20,23)(H,21,22). The lowest BCUT2D eigenvalue weighted by molar-refractivity contribution is -0.138. The Morgan fingerprint density at radius 2 is 1.84 bits per heavy atom. The molecule has 1 unspecified atom stereocenters. The van der Waals surface area contributed by atoms with Crippen LogP contribution in [0, 0.1) is 0 Å². The number of carbonyl (C=O) groups excluding carboxylic acids is 2. The number of carbonyl (C=O) groups is 3. The fraction of sp³-hybridized carbons (Fsp3) is 0.167. The molecular formula is C18H18N2O5. The molecule has 0 radical (unpaired) electrons. The molecule has 1 atom stereocenters. The van der Waals surface area contributed by atoms with Gasteiger partial charge in [-0.1, -0.05) is 36.9 Å². The third-order valence-electron chi connectivity index (χ3n) is 3.41. The summed E-state index contributed by atoms with van der Waals surface area (Å²) in [4.78, 5) is 35.2. The van der Waals surface area contributed by atoms with Gasteiger partial charge in [-0.2, -0.15) is 0 Å². The maximum Gasteiger partial charge on any atom is 0.322 e. The van der Waals surface area contributed by atoms with Gasteiger partial charge in [0.25, 0.3) is 5.91 Å². The van der Waals surface area contributed by atoms with Gasteiger partial charge in [0.2, 0.25) is 5.91 Å². The van der Waals surface area contributed by atoms with Crippen LogP contribution in [0.25, 0.3) is 5.57 Å². The maximum atomic E-state index is 12.3. The monoisotopic (exact) mass is 342 g/mol. The zero-order chi connectivity index (χ0) is 18.2. The molecule has 1 aromatic heterocycles. The molecule has 1 aromatic carbocycles. The number of hydrogen-bond acceptors (Lipinski definition) is 4. The molecule has 0 aliphatic carbocycles. The van der Waals surface area contributed by atoms with Crippen molar-refractivity contribution in [3.05, 3.63) is 66.6 Å². The number of hydrogen-bond donors (Lipinski definition) is 3. The molecule has 2 rings (SSSR count). The van der Waals surface area contributed by atoms with Gasteiger partial charge >= 0.3 is 5.97 Å². The Hall–Kier alpha value is -3.35. The van der Waals surface area contributed by atoms with Crippen LogP contribution in [0.4, 0.5) is 0 Å². The number of carboxylic acid groups (broad SMARTS) is 1. The van der Waals surface area contributed by atoms with Gasteiger partial charge in [-0.05, 0) is 17.7 Å². The zero-order valence-electron chi connectivity index (χ0n) is 13.4. The van der Waals surface area contributed by atoms with Crippen molar-refractivity contribution in [3.8, 4) is 0 Å². The van der Waals surface area contributed by atoms with Crippen LogP contribution < -0.4 is 10.6 Å². The molecule has 0 bridgehead atoms. The van der Waals surface area contributed by atoms with Crippen LogP contribution in [0.3, 0.4) is 0 Å². The summed E-state index contributed by atoms with van der Waals surface area (Å²) in [6.07, 6.45) is 1.62. The molecular weight excluding hydrogens is 324 g/mol. The summed E-state index contributed by atoms with van der Waals surface area (Å²) >= 11 is 0. The lowest BCUT2D eigenvalue weighted by Crippen LogP contribution is -2.49. The maximum absolute atomic E-state index is 12.3. The number of rotatable bonds is 8. The fourth-order valence-corrected chi connectivity index (χ4v) is 2.15. The van der Waals surface area contributed by atoms with Crippen molar-refractivity contribution in [1.29, 1.82) is 0 Å². The van der Waals surface area contributed by atoms with Crippen LogP contribution in [-0.4, -0.2) is 35.5 Å². The van der Waals surface area contributed by atoms with Crippen molar-refractivity contribution in [3.63, 3.8) is 0 Å². The second kappa shape index (κ2) is 8.49. The van der Waals surface area contributed by atoms with Gasteiger partial charge in [-0.3, -0.25) is 14.4 Å². The van der Waals surface area contributed by atoms with E-state index in [9.17, 15) is 14.4 Å². The molecule has 130 valence electrons. The minimum absolute atomic E-state index is 0.0779. The molecule has 7 heteroatoms. The van der Waals surface area contributed by atoms with Crippen molar-refractivity contribution in [1.82, 2.24) is 10.6 Å². The average Bonchev–Trinajstić information content (AvgIpc) is 3.13. The fourth-order valence-electron chi connectivity index (χ4n) is 2.15. The highest BCUT2D eigenvalue weighted by molar-refractivity contribution is 6.18. The van der Waals surface area contributed by atoms with Gasteiger partial charge in [-0.15, -0.1) is 0 Å². The van der Waals surface area contributed by atoms with Gasteiger partial charge in [0.1, 0.15) is 18.3 Å². The summed E-state index contributed by atoms with van der Waals surface area (Å²) < 4.78 is 5.12. The van der Waals surface area contributed by atoms with E-state index < -0.39 is 30.4 Å². The van der Waals surface area contributed by atoms with Crippen molar-refractivity contribution in [2.45, 2.75) is 12.5 Å². The zero-order valence-corrected chi connectivity index (χ0v) is 13.4. The first-order valence-electron chi connectivity index (χ1n) is 7.54. The first-order valence-corrected chi connectivity index (χ1v) is 7.54. The Morgan fingerprint density at radius 3 is 2.44 bits per heavy atom. The first-order chi connectivity index (χ1) is 12.0. The van der Waals surface area contributed by atoms with E-state index in [1.165, 1.54) is 6.26 Å². The SMILES string of the molecule is C=C(C(=O)NC(Cc1ccccc1)C(=O)NCC(=O)O)c1ccco1.